The van der Waals surface area contributed by atoms with Crippen molar-refractivity contribution >= 4 is 43.9 Å². The van der Waals surface area contributed by atoms with Gasteiger partial charge in [0.05, 0.1) is 9.52 Å². The number of allylic oxidation sites excluding steroid dienone is 8. The van der Waals surface area contributed by atoms with Crippen LogP contribution in [-0.4, -0.2) is 9.52 Å². The van der Waals surface area contributed by atoms with Crippen LogP contribution in [0.25, 0.3) is 11.1 Å². The summed E-state index contributed by atoms with van der Waals surface area (Å²) in [5.74, 6) is 0. The molecule has 0 heterocycles. The van der Waals surface area contributed by atoms with Crippen molar-refractivity contribution in [2.45, 2.75) is 26.7 Å². The summed E-state index contributed by atoms with van der Waals surface area (Å²) in [6.07, 6.45) is 1.69. The second-order valence-corrected chi connectivity index (χ2v) is 9.92. The molecule has 0 amide bonds. The number of rotatable bonds is 4. The van der Waals surface area contributed by atoms with Gasteiger partial charge in [0.2, 0.25) is 0 Å². The first-order valence-corrected chi connectivity index (χ1v) is 11.5. The average molecular weight is 457 g/mol. The average Bonchev–Trinajstić information content (AvgIpc) is 3.14. The van der Waals surface area contributed by atoms with Crippen LogP contribution in [0.5, 0.6) is 0 Å². The van der Waals surface area contributed by atoms with E-state index in [1.165, 1.54) is 43.8 Å². The van der Waals surface area contributed by atoms with Crippen LogP contribution in [0.15, 0.2) is 92.3 Å². The summed E-state index contributed by atoms with van der Waals surface area (Å²) in [4.78, 5) is 0. The van der Waals surface area contributed by atoms with Gasteiger partial charge < -0.3 is 0 Å². The molecule has 0 N–H and O–H groups in total. The summed E-state index contributed by atoms with van der Waals surface area (Å²) in [5.41, 5.74) is 8.00. The van der Waals surface area contributed by atoms with Crippen LogP contribution in [0.2, 0.25) is 0 Å². The Bertz CT molecular complexity index is 932. The molecule has 2 aliphatic rings. The largest absolute Gasteiger partial charge is 0.0912 e. The van der Waals surface area contributed by atoms with E-state index in [1.807, 2.05) is 0 Å². The minimum atomic E-state index is -0.719. The van der Waals surface area contributed by atoms with Gasteiger partial charge in [-0.25, -0.2) is 0 Å². The molecule has 0 nitrogen and oxygen atoms in total. The van der Waals surface area contributed by atoms with E-state index in [4.69, 9.17) is 23.2 Å². The molecule has 0 radical (unpaired) electrons. The van der Waals surface area contributed by atoms with Crippen molar-refractivity contribution < 1.29 is 21.7 Å². The first-order chi connectivity index (χ1) is 13.1. The first kappa shape index (κ1) is 21.6. The molecule has 0 saturated heterocycles. The Hall–Kier alpha value is -1.09. The third kappa shape index (κ3) is 4.10. The van der Waals surface area contributed by atoms with E-state index in [9.17, 15) is 0 Å². The predicted octanol–water partition coefficient (Wildman–Crippen LogP) is 6.81. The normalized spacial score (nSPS) is 17.0. The van der Waals surface area contributed by atoms with Gasteiger partial charge >= 0.3 is 0 Å². The second-order valence-electron chi connectivity index (χ2n) is 7.24. The van der Waals surface area contributed by atoms with Crippen molar-refractivity contribution in [3.05, 3.63) is 103 Å². The van der Waals surface area contributed by atoms with Crippen molar-refractivity contribution in [3.8, 4) is 0 Å². The molecule has 140 valence electrons. The minimum Gasteiger partial charge on any atom is -0.0889 e. The van der Waals surface area contributed by atoms with Crippen LogP contribution in [0.1, 0.15) is 37.8 Å². The van der Waals surface area contributed by atoms with Crippen LogP contribution in [-0.2, 0) is 21.7 Å². The molecular formula is C24H22Cl2SiTi. The van der Waals surface area contributed by atoms with E-state index >= 15 is 0 Å². The molecule has 2 aromatic carbocycles. The number of hydrogen-bond donors (Lipinski definition) is 0. The fourth-order valence-electron chi connectivity index (χ4n) is 4.11. The van der Waals surface area contributed by atoms with E-state index < -0.39 is 9.52 Å². The molecule has 4 rings (SSSR count). The van der Waals surface area contributed by atoms with Crippen molar-refractivity contribution in [1.82, 2.24) is 0 Å². The van der Waals surface area contributed by atoms with Crippen molar-refractivity contribution in [3.63, 3.8) is 0 Å². The molecule has 0 bridgehead atoms. The number of hydrogen-bond acceptors (Lipinski definition) is 0. The van der Waals surface area contributed by atoms with Crippen molar-refractivity contribution in [2.24, 2.45) is 0 Å². The number of benzene rings is 2. The van der Waals surface area contributed by atoms with E-state index in [0.29, 0.717) is 0 Å². The van der Waals surface area contributed by atoms with Gasteiger partial charge in [0, 0.05) is 44.6 Å². The van der Waals surface area contributed by atoms with Gasteiger partial charge in [-0.1, -0.05) is 83.9 Å². The summed E-state index contributed by atoms with van der Waals surface area (Å²) in [7, 11) is -0.719. The summed E-state index contributed by atoms with van der Waals surface area (Å²) in [5, 5.41) is 4.77. The predicted molar refractivity (Wildman–Crippen MR) is 122 cm³/mol. The zero-order valence-electron chi connectivity index (χ0n) is 16.2. The van der Waals surface area contributed by atoms with E-state index in [-0.39, 0.29) is 21.7 Å². The maximum absolute atomic E-state index is 6.74. The molecule has 0 aromatic heterocycles. The van der Waals surface area contributed by atoms with Crippen molar-refractivity contribution in [2.75, 3.05) is 0 Å². The molecule has 0 atom stereocenters. The maximum Gasteiger partial charge on any atom is 0.0912 e. The van der Waals surface area contributed by atoms with Gasteiger partial charge in [0.15, 0.2) is 0 Å². The molecule has 0 saturated carbocycles. The van der Waals surface area contributed by atoms with Gasteiger partial charge in [-0.2, -0.15) is 0 Å². The Morgan fingerprint density at radius 3 is 1.36 bits per heavy atom. The monoisotopic (exact) mass is 456 g/mol. The van der Waals surface area contributed by atoms with Crippen molar-refractivity contribution in [1.29, 1.82) is 0 Å². The summed E-state index contributed by atoms with van der Waals surface area (Å²) < 4.78 is 0. The quantitative estimate of drug-likeness (QED) is 0.443. The third-order valence-electron chi connectivity index (χ3n) is 5.73. The van der Waals surface area contributed by atoms with E-state index in [1.54, 1.807) is 0 Å². The Morgan fingerprint density at radius 1 is 0.643 bits per heavy atom. The molecule has 0 unspecified atom stereocenters. The molecule has 0 fully saturated rings. The molecular weight excluding hydrogens is 435 g/mol. The Kier molecular flexibility index (Phi) is 7.07. The molecule has 2 aliphatic carbocycles. The Labute approximate surface area is 194 Å². The van der Waals surface area contributed by atoms with Gasteiger partial charge in [0.1, 0.15) is 0 Å². The topological polar surface area (TPSA) is 0 Å². The Balaban J connectivity index is 0.00000225. The van der Waals surface area contributed by atoms with Gasteiger partial charge in [0.25, 0.3) is 0 Å². The van der Waals surface area contributed by atoms with Gasteiger partial charge in [-0.05, 0) is 57.7 Å². The molecule has 0 aliphatic heterocycles. The van der Waals surface area contributed by atoms with E-state index in [0.717, 1.165) is 22.9 Å². The minimum absolute atomic E-state index is 0. The van der Waals surface area contributed by atoms with Gasteiger partial charge in [-0.15, -0.1) is 0 Å². The fraction of sp³-hybridized carbons (Fsp3) is 0.167. The van der Waals surface area contributed by atoms with Gasteiger partial charge in [-0.3, -0.25) is 0 Å². The standard InChI is InChI=1S/C24H22Cl2Si.Ti/c1-15-19(17-9-5-3-6-10-17)13-21(25)23(15)27-24-16(2)20(14-22(24)26)18-11-7-4-8-12-18;/h3-12H,13-14,27H2,1-2H3;. The molecule has 0 spiro atoms. The fourth-order valence-corrected chi connectivity index (χ4v) is 7.01. The van der Waals surface area contributed by atoms with Crippen LogP contribution in [0, 0.1) is 0 Å². The zero-order valence-corrected chi connectivity index (χ0v) is 20.6. The molecule has 2 aromatic rings. The van der Waals surface area contributed by atoms with Crippen LogP contribution in [0.4, 0.5) is 0 Å². The third-order valence-corrected chi connectivity index (χ3v) is 9.52. The zero-order chi connectivity index (χ0) is 19.0. The second kappa shape index (κ2) is 9.15. The smallest absolute Gasteiger partial charge is 0.0889 e. The Morgan fingerprint density at radius 2 is 1.00 bits per heavy atom. The maximum atomic E-state index is 6.74. The first-order valence-electron chi connectivity index (χ1n) is 9.32. The summed E-state index contributed by atoms with van der Waals surface area (Å²) in [6.45, 7) is 4.45. The summed E-state index contributed by atoms with van der Waals surface area (Å²) >= 11 is 13.5. The molecule has 28 heavy (non-hydrogen) atoms. The van der Waals surface area contributed by atoms with Crippen LogP contribution < -0.4 is 0 Å². The van der Waals surface area contributed by atoms with E-state index in [2.05, 4.69) is 74.5 Å². The SMILES string of the molecule is CC1=C(c2ccccc2)CC(Cl)=C1[SiH2]C1=C(Cl)CC(c2ccccc2)=C1C.[Ti]. The molecule has 4 heteroatoms. The number of halogens is 2. The summed E-state index contributed by atoms with van der Waals surface area (Å²) in [6, 6.07) is 21.2. The van der Waals surface area contributed by atoms with Crippen LogP contribution >= 0.6 is 23.2 Å². The van der Waals surface area contributed by atoms with Crippen LogP contribution in [0.3, 0.4) is 0 Å².